The minimum absolute atomic E-state index is 0.0463. The fourth-order valence-corrected chi connectivity index (χ4v) is 4.60. The minimum atomic E-state index is -0.806. The van der Waals surface area contributed by atoms with Crippen molar-refractivity contribution in [2.75, 3.05) is 0 Å². The molecule has 3 aromatic carbocycles. The summed E-state index contributed by atoms with van der Waals surface area (Å²) in [5.41, 5.74) is 1.49. The summed E-state index contributed by atoms with van der Waals surface area (Å²) in [6, 6.07) is 19.6. The van der Waals surface area contributed by atoms with Crippen LogP contribution in [0.15, 0.2) is 91.3 Å². The van der Waals surface area contributed by atoms with E-state index in [9.17, 15) is 13.6 Å². The zero-order valence-electron chi connectivity index (χ0n) is 17.8. The number of hydrogen-bond donors (Lipinski definition) is 0. The number of ether oxygens (including phenoxy) is 3. The number of carbonyl (C=O) groups excluding carboxylic acids is 1. The van der Waals surface area contributed by atoms with E-state index in [0.717, 1.165) is 22.5 Å². The molecule has 0 bridgehead atoms. The molecule has 0 saturated carbocycles. The number of halogens is 2. The third-order valence-electron chi connectivity index (χ3n) is 4.57. The van der Waals surface area contributed by atoms with Gasteiger partial charge in [0.2, 0.25) is 0 Å². The van der Waals surface area contributed by atoms with Crippen molar-refractivity contribution >= 4 is 36.5 Å². The average Bonchev–Trinajstić information content (AvgIpc) is 2.83. The standard InChI is InChI=1S/C26H19F2NO4Se/c27-19-14-20(28)16-22(15-19)34-13-3-12-31-21-8-6-18(7-9-21)17-32-26(30)33-25-10-11-29-24-5-2-1-4-23(24)25/h1-12,14-16H,13,17H2. The first-order valence-electron chi connectivity index (χ1n) is 10.2. The van der Waals surface area contributed by atoms with Gasteiger partial charge in [-0.1, -0.05) is 12.1 Å². The molecule has 0 radical (unpaired) electrons. The van der Waals surface area contributed by atoms with E-state index in [0.29, 0.717) is 21.3 Å². The van der Waals surface area contributed by atoms with E-state index in [4.69, 9.17) is 14.2 Å². The molecule has 0 fully saturated rings. The Balaban J connectivity index is 1.22. The number of para-hydroxylation sites is 1. The molecule has 172 valence electrons. The second-order valence-corrected chi connectivity index (χ2v) is 9.31. The molecule has 0 aliphatic carbocycles. The molecule has 0 spiro atoms. The van der Waals surface area contributed by atoms with Gasteiger partial charge < -0.3 is 0 Å². The zero-order chi connectivity index (χ0) is 23.8. The topological polar surface area (TPSA) is 57.7 Å². The molecule has 0 N–H and O–H groups in total. The fourth-order valence-electron chi connectivity index (χ4n) is 3.01. The van der Waals surface area contributed by atoms with Gasteiger partial charge in [-0.25, -0.2) is 0 Å². The molecule has 0 aliphatic heterocycles. The van der Waals surface area contributed by atoms with Gasteiger partial charge in [0.05, 0.1) is 5.52 Å². The van der Waals surface area contributed by atoms with Crippen molar-refractivity contribution < 1.29 is 27.8 Å². The Bertz CT molecular complexity index is 1290. The van der Waals surface area contributed by atoms with Gasteiger partial charge in [0.15, 0.2) is 0 Å². The number of benzene rings is 3. The van der Waals surface area contributed by atoms with E-state index < -0.39 is 17.8 Å². The van der Waals surface area contributed by atoms with Crippen LogP contribution in [-0.4, -0.2) is 26.1 Å². The minimum Gasteiger partial charge on any atom is -0.256 e. The Kier molecular flexibility index (Phi) is 7.86. The Morgan fingerprint density at radius 1 is 0.971 bits per heavy atom. The number of allylic oxidation sites excluding steroid dienone is 1. The second kappa shape index (κ2) is 11.4. The van der Waals surface area contributed by atoms with E-state index >= 15 is 0 Å². The van der Waals surface area contributed by atoms with Crippen LogP contribution in [0.3, 0.4) is 0 Å². The van der Waals surface area contributed by atoms with Crippen LogP contribution in [0.1, 0.15) is 5.56 Å². The number of fused-ring (bicyclic) bond motifs is 1. The van der Waals surface area contributed by atoms with Crippen molar-refractivity contribution in [3.8, 4) is 11.5 Å². The van der Waals surface area contributed by atoms with Crippen LogP contribution in [0.5, 0.6) is 11.5 Å². The summed E-state index contributed by atoms with van der Waals surface area (Å²) in [7, 11) is 0. The van der Waals surface area contributed by atoms with Crippen molar-refractivity contribution in [3.05, 3.63) is 109 Å². The quantitative estimate of drug-likeness (QED) is 0.171. The maximum absolute atomic E-state index is 13.2. The van der Waals surface area contributed by atoms with Gasteiger partial charge in [-0.3, -0.25) is 4.98 Å². The molecule has 0 saturated heterocycles. The number of hydrogen-bond acceptors (Lipinski definition) is 5. The maximum atomic E-state index is 13.2. The van der Waals surface area contributed by atoms with Gasteiger partial charge in [0.25, 0.3) is 0 Å². The van der Waals surface area contributed by atoms with Gasteiger partial charge in [0, 0.05) is 17.6 Å². The van der Waals surface area contributed by atoms with Crippen LogP contribution in [0.2, 0.25) is 5.32 Å². The molecule has 0 aliphatic rings. The van der Waals surface area contributed by atoms with Crippen molar-refractivity contribution in [2.45, 2.75) is 11.9 Å². The van der Waals surface area contributed by atoms with Gasteiger partial charge >= 0.3 is 143 Å². The SMILES string of the molecule is O=C(OCc1ccc(OC=CC[Se]c2cc(F)cc(F)c2)cc1)Oc1ccnc2ccccc12. The summed E-state index contributed by atoms with van der Waals surface area (Å²) >= 11 is -0.0961. The first-order valence-corrected chi connectivity index (χ1v) is 12.3. The van der Waals surface area contributed by atoms with Crippen molar-refractivity contribution in [2.24, 2.45) is 0 Å². The molecule has 0 atom stereocenters. The molecule has 34 heavy (non-hydrogen) atoms. The van der Waals surface area contributed by atoms with Crippen molar-refractivity contribution in [1.82, 2.24) is 4.98 Å². The summed E-state index contributed by atoms with van der Waals surface area (Å²) < 4.78 is 43.1. The molecule has 0 amide bonds. The molecule has 8 heteroatoms. The number of pyridine rings is 1. The summed E-state index contributed by atoms with van der Waals surface area (Å²) in [5, 5.41) is 1.36. The predicted molar refractivity (Wildman–Crippen MR) is 125 cm³/mol. The van der Waals surface area contributed by atoms with Gasteiger partial charge in [0.1, 0.15) is 5.75 Å². The molecular formula is C26H19F2NO4Se. The summed E-state index contributed by atoms with van der Waals surface area (Å²) in [6.45, 7) is 0.0463. The molecule has 1 aromatic heterocycles. The fraction of sp³-hybridized carbons (Fsp3) is 0.0769. The van der Waals surface area contributed by atoms with Crippen molar-refractivity contribution in [3.63, 3.8) is 0 Å². The van der Waals surface area contributed by atoms with Crippen LogP contribution < -0.4 is 13.9 Å². The molecule has 4 aromatic rings. The van der Waals surface area contributed by atoms with Gasteiger partial charge in [-0.05, 0) is 12.1 Å². The zero-order valence-corrected chi connectivity index (χ0v) is 19.5. The van der Waals surface area contributed by atoms with E-state index in [1.165, 1.54) is 12.1 Å². The average molecular weight is 526 g/mol. The predicted octanol–water partition coefficient (Wildman–Crippen LogP) is 5.57. The molecule has 1 heterocycles. The Morgan fingerprint density at radius 2 is 1.74 bits per heavy atom. The summed E-state index contributed by atoms with van der Waals surface area (Å²) in [5.74, 6) is -0.147. The third-order valence-corrected chi connectivity index (χ3v) is 6.51. The first-order chi connectivity index (χ1) is 16.6. The van der Waals surface area contributed by atoms with Gasteiger partial charge in [-0.2, -0.15) is 0 Å². The Labute approximate surface area is 201 Å². The number of rotatable bonds is 8. The normalized spacial score (nSPS) is 11.0. The van der Waals surface area contributed by atoms with E-state index in [2.05, 4.69) is 4.98 Å². The van der Waals surface area contributed by atoms with E-state index in [-0.39, 0.29) is 21.6 Å². The number of aromatic nitrogens is 1. The van der Waals surface area contributed by atoms with E-state index in [1.54, 1.807) is 48.9 Å². The molecule has 0 unspecified atom stereocenters. The van der Waals surface area contributed by atoms with Crippen LogP contribution in [0.4, 0.5) is 13.6 Å². The monoisotopic (exact) mass is 527 g/mol. The van der Waals surface area contributed by atoms with E-state index in [1.807, 2.05) is 24.3 Å². The molecular weight excluding hydrogens is 507 g/mol. The first kappa shape index (κ1) is 23.4. The van der Waals surface area contributed by atoms with Crippen LogP contribution in [0.25, 0.3) is 10.9 Å². The smallest absolute Gasteiger partial charge is 0.256 e. The van der Waals surface area contributed by atoms with Crippen LogP contribution >= 0.6 is 0 Å². The summed E-state index contributed by atoms with van der Waals surface area (Å²) in [6.07, 6.45) is 4.11. The summed E-state index contributed by atoms with van der Waals surface area (Å²) in [4.78, 5) is 16.3. The molecule has 4 rings (SSSR count). The Hall–Kier alpha value is -3.74. The molecule has 5 nitrogen and oxygen atoms in total. The number of carbonyl (C=O) groups is 1. The Morgan fingerprint density at radius 3 is 2.53 bits per heavy atom. The van der Waals surface area contributed by atoms with Crippen LogP contribution in [-0.2, 0) is 11.3 Å². The number of nitrogens with zero attached hydrogens (tertiary/aromatic N) is 1. The third kappa shape index (κ3) is 6.63. The van der Waals surface area contributed by atoms with Crippen LogP contribution in [0, 0.1) is 11.6 Å². The van der Waals surface area contributed by atoms with Gasteiger partial charge in [-0.15, -0.1) is 0 Å². The second-order valence-electron chi connectivity index (χ2n) is 7.02. The van der Waals surface area contributed by atoms with Crippen molar-refractivity contribution in [1.29, 1.82) is 0 Å².